The van der Waals surface area contributed by atoms with Crippen molar-refractivity contribution in [3.8, 4) is 0 Å². The van der Waals surface area contributed by atoms with E-state index in [9.17, 15) is 22.0 Å². The van der Waals surface area contributed by atoms with E-state index in [0.29, 0.717) is 12.5 Å². The summed E-state index contributed by atoms with van der Waals surface area (Å²) in [7, 11) is 0. The number of rotatable bonds is 8. The Morgan fingerprint density at radius 3 is 1.76 bits per heavy atom. The Labute approximate surface area is 234 Å². The zero-order valence-corrected chi connectivity index (χ0v) is 22.0. The Balaban J connectivity index is 0.000000696. The average Bonchev–Trinajstić information content (AvgIpc) is 2.93. The summed E-state index contributed by atoms with van der Waals surface area (Å²) < 4.78 is 71.3. The number of ether oxygens (including phenoxy) is 1. The number of alkyl halides is 3. The smallest absolute Gasteiger partial charge is 0.416 e. The van der Waals surface area contributed by atoms with Crippen molar-refractivity contribution in [1.82, 2.24) is 0 Å². The van der Waals surface area contributed by atoms with E-state index in [4.69, 9.17) is 24.5 Å². The predicted molar refractivity (Wildman–Crippen MR) is 136 cm³/mol. The normalized spacial score (nSPS) is 17.0. The highest BCUT2D eigenvalue weighted by molar-refractivity contribution is 6.26. The highest BCUT2D eigenvalue weighted by Crippen LogP contribution is 2.29. The minimum absolute atomic E-state index is 0.322. The molecule has 3 aromatic rings. The van der Waals surface area contributed by atoms with E-state index < -0.39 is 29.8 Å². The quantitative estimate of drug-likeness (QED) is 0.313. The summed E-state index contributed by atoms with van der Waals surface area (Å²) in [6.45, 7) is 3.17. The molecule has 6 nitrogen and oxygen atoms in total. The number of quaternary nitrogens is 1. The second kappa shape index (κ2) is 14.7. The van der Waals surface area contributed by atoms with E-state index in [-0.39, 0.29) is 11.6 Å². The van der Waals surface area contributed by atoms with Crippen molar-refractivity contribution in [2.24, 2.45) is 5.92 Å². The van der Waals surface area contributed by atoms with Crippen molar-refractivity contribution in [2.45, 2.75) is 38.1 Å². The van der Waals surface area contributed by atoms with Gasteiger partial charge in [-0.15, -0.1) is 0 Å². The first-order valence-electron chi connectivity index (χ1n) is 13.0. The minimum atomic E-state index is -4.31. The van der Waals surface area contributed by atoms with Crippen molar-refractivity contribution in [1.29, 1.82) is 0 Å². The van der Waals surface area contributed by atoms with Crippen LogP contribution in [0.5, 0.6) is 0 Å². The molecule has 0 saturated carbocycles. The molecule has 0 aliphatic carbocycles. The number of carboxylic acids is 2. The maximum Gasteiger partial charge on any atom is 0.416 e. The molecular weight excluding hydrogens is 549 g/mol. The lowest BCUT2D eigenvalue weighted by atomic mass is 9.93. The summed E-state index contributed by atoms with van der Waals surface area (Å²) in [5.74, 6) is -4.15. The van der Waals surface area contributed by atoms with Gasteiger partial charge in [-0.1, -0.05) is 36.4 Å². The van der Waals surface area contributed by atoms with Crippen LogP contribution in [0.25, 0.3) is 0 Å². The number of benzene rings is 3. The number of likely N-dealkylation sites (tertiary alicyclic amines) is 1. The highest BCUT2D eigenvalue weighted by Gasteiger charge is 2.30. The van der Waals surface area contributed by atoms with Crippen molar-refractivity contribution < 1.29 is 51.4 Å². The molecule has 0 bridgehead atoms. The van der Waals surface area contributed by atoms with E-state index >= 15 is 0 Å². The number of carboxylic acid groups (broad SMARTS) is 2. The van der Waals surface area contributed by atoms with Crippen molar-refractivity contribution in [2.75, 3.05) is 19.7 Å². The fourth-order valence-electron chi connectivity index (χ4n) is 4.66. The Hall–Kier alpha value is -3.83. The second-order valence-corrected chi connectivity index (χ2v) is 9.80. The number of hydrogen-bond donors (Lipinski definition) is 2. The number of carbonyl (C=O) groups is 2. The van der Waals surface area contributed by atoms with Gasteiger partial charge in [-0.2, -0.15) is 13.2 Å². The molecule has 1 aliphatic heterocycles. The van der Waals surface area contributed by atoms with Gasteiger partial charge in [-0.3, -0.25) is 0 Å². The molecule has 3 aromatic carbocycles. The lowest BCUT2D eigenvalue weighted by Crippen LogP contribution is -3.11. The third kappa shape index (κ3) is 10.3. The van der Waals surface area contributed by atoms with Crippen LogP contribution in [0.15, 0.2) is 72.8 Å². The van der Waals surface area contributed by atoms with Gasteiger partial charge in [0.05, 0.1) is 18.7 Å². The number of hydrogen-bond acceptors (Lipinski definition) is 4. The van der Waals surface area contributed by atoms with Crippen molar-refractivity contribution >= 4 is 11.9 Å². The molecule has 2 N–H and O–H groups in total. The van der Waals surface area contributed by atoms with Crippen molar-refractivity contribution in [3.63, 3.8) is 0 Å². The Morgan fingerprint density at radius 2 is 1.34 bits per heavy atom. The topological polar surface area (TPSA) is 91.1 Å². The monoisotopic (exact) mass is 579 g/mol. The number of carbonyl (C=O) groups excluding carboxylic acids is 1. The van der Waals surface area contributed by atoms with Gasteiger partial charge in [0.2, 0.25) is 0 Å². The molecule has 11 heteroatoms. The molecule has 0 unspecified atom stereocenters. The lowest BCUT2D eigenvalue weighted by molar-refractivity contribution is -0.919. The molecule has 1 fully saturated rings. The van der Waals surface area contributed by atoms with Crippen LogP contribution in [0.1, 0.15) is 47.6 Å². The SMILES string of the molecule is Fc1ccc(C(OCCC2CC[NH+](Cc3ccc(C(F)(F)F)cc3)CC2)c2ccc(F)cc2)cc1.O=C([O-])C(=O)O. The maximum absolute atomic E-state index is 13.4. The third-order valence-electron chi connectivity index (χ3n) is 6.88. The Kier molecular flexibility index (Phi) is 11.4. The molecule has 0 radical (unpaired) electrons. The molecule has 0 amide bonds. The first kappa shape index (κ1) is 31.7. The van der Waals surface area contributed by atoms with Gasteiger partial charge < -0.3 is 24.6 Å². The van der Waals surface area contributed by atoms with Crippen LogP contribution >= 0.6 is 0 Å². The molecular formula is C30H30F5NO5. The number of nitrogens with one attached hydrogen (secondary N) is 1. The summed E-state index contributed by atoms with van der Waals surface area (Å²) in [4.78, 5) is 19.4. The van der Waals surface area contributed by atoms with Crippen LogP contribution in [-0.4, -0.2) is 36.7 Å². The van der Waals surface area contributed by atoms with Gasteiger partial charge in [-0.25, -0.2) is 13.6 Å². The van der Waals surface area contributed by atoms with Crippen LogP contribution in [0.2, 0.25) is 0 Å². The fraction of sp³-hybridized carbons (Fsp3) is 0.333. The van der Waals surface area contributed by atoms with E-state index in [1.54, 1.807) is 36.4 Å². The molecule has 4 rings (SSSR count). The molecule has 41 heavy (non-hydrogen) atoms. The maximum atomic E-state index is 13.4. The van der Waals surface area contributed by atoms with Gasteiger partial charge in [0.15, 0.2) is 5.97 Å². The summed E-state index contributed by atoms with van der Waals surface area (Å²) >= 11 is 0. The van der Waals surface area contributed by atoms with Crippen LogP contribution in [0, 0.1) is 17.6 Å². The van der Waals surface area contributed by atoms with E-state index in [1.807, 2.05) is 0 Å². The average molecular weight is 580 g/mol. The van der Waals surface area contributed by atoms with Crippen LogP contribution in [0.3, 0.4) is 0 Å². The van der Waals surface area contributed by atoms with E-state index in [0.717, 1.165) is 67.7 Å². The van der Waals surface area contributed by atoms with Crippen molar-refractivity contribution in [3.05, 3.63) is 107 Å². The van der Waals surface area contributed by atoms with E-state index in [2.05, 4.69) is 0 Å². The van der Waals surface area contributed by atoms with Gasteiger partial charge in [-0.05, 0) is 72.7 Å². The molecule has 220 valence electrons. The Morgan fingerprint density at radius 1 is 0.878 bits per heavy atom. The van der Waals surface area contributed by atoms with Crippen LogP contribution in [-0.2, 0) is 27.0 Å². The summed E-state index contributed by atoms with van der Waals surface area (Å²) in [5.41, 5.74) is 1.92. The molecule has 0 spiro atoms. The predicted octanol–water partition coefficient (Wildman–Crippen LogP) is 3.80. The van der Waals surface area contributed by atoms with Crippen LogP contribution in [0.4, 0.5) is 22.0 Å². The molecule has 1 saturated heterocycles. The van der Waals surface area contributed by atoms with Crippen LogP contribution < -0.4 is 10.0 Å². The van der Waals surface area contributed by atoms with Gasteiger partial charge >= 0.3 is 12.1 Å². The third-order valence-corrected chi connectivity index (χ3v) is 6.88. The second-order valence-electron chi connectivity index (χ2n) is 9.80. The van der Waals surface area contributed by atoms with Gasteiger partial charge in [0.1, 0.15) is 24.3 Å². The largest absolute Gasteiger partial charge is 0.539 e. The molecule has 0 aromatic heterocycles. The first-order valence-corrected chi connectivity index (χ1v) is 13.0. The van der Waals surface area contributed by atoms with E-state index in [1.165, 1.54) is 29.2 Å². The molecule has 1 aliphatic rings. The standard InChI is InChI=1S/C28H28F5NO.C2H2O4/c29-25-9-3-22(4-10-25)27(23-5-11-26(30)12-6-23)35-18-15-20-13-16-34(17-14-20)19-21-1-7-24(8-2-21)28(31,32)33;3-1(4)2(5)6/h1-12,20,27H,13-19H2;(H,3,4)(H,5,6). The lowest BCUT2D eigenvalue weighted by Gasteiger charge is -2.30. The number of aliphatic carboxylic acids is 2. The summed E-state index contributed by atoms with van der Waals surface area (Å²) in [6.07, 6.45) is -1.78. The first-order chi connectivity index (χ1) is 19.4. The fourth-order valence-corrected chi connectivity index (χ4v) is 4.66. The Bertz CT molecular complexity index is 1200. The van der Waals surface area contributed by atoms with Gasteiger partial charge in [0.25, 0.3) is 0 Å². The molecule has 1 heterocycles. The number of halogens is 5. The minimum Gasteiger partial charge on any atom is -0.539 e. The zero-order valence-electron chi connectivity index (χ0n) is 22.0. The summed E-state index contributed by atoms with van der Waals surface area (Å²) in [6, 6.07) is 17.8. The molecule has 0 atom stereocenters. The summed E-state index contributed by atoms with van der Waals surface area (Å²) in [5, 5.41) is 16.3. The zero-order chi connectivity index (χ0) is 30.0. The number of piperidine rings is 1. The highest BCUT2D eigenvalue weighted by atomic mass is 19.4. The van der Waals surface area contributed by atoms with Gasteiger partial charge in [0, 0.05) is 12.2 Å².